The summed E-state index contributed by atoms with van der Waals surface area (Å²) in [7, 11) is 0. The summed E-state index contributed by atoms with van der Waals surface area (Å²) in [4.78, 5) is 19.0. The summed E-state index contributed by atoms with van der Waals surface area (Å²) in [5, 5.41) is 12.2. The zero-order valence-corrected chi connectivity index (χ0v) is 15.0. The lowest BCUT2D eigenvalue weighted by atomic mass is 10.2. The van der Waals surface area contributed by atoms with Gasteiger partial charge < -0.3 is 19.9 Å². The van der Waals surface area contributed by atoms with Crippen molar-refractivity contribution in [1.82, 2.24) is 9.55 Å². The number of imidazole rings is 1. The molecule has 2 N–H and O–H groups in total. The van der Waals surface area contributed by atoms with Crippen molar-refractivity contribution >= 4 is 23.4 Å². The Kier molecular flexibility index (Phi) is 4.48. The fraction of sp³-hybridized carbons (Fsp3) is 0.143. The summed E-state index contributed by atoms with van der Waals surface area (Å²) in [5.41, 5.74) is 4.05. The summed E-state index contributed by atoms with van der Waals surface area (Å²) in [6, 6.07) is 15.4. The minimum Gasteiger partial charge on any atom is -0.392 e. The van der Waals surface area contributed by atoms with Crippen LogP contribution < -0.4 is 10.2 Å². The highest BCUT2D eigenvalue weighted by Crippen LogP contribution is 2.22. The third-order valence-corrected chi connectivity index (χ3v) is 4.45. The maximum Gasteiger partial charge on any atom is 0.275 e. The number of carbonyl (C=O) groups is 1. The van der Waals surface area contributed by atoms with Crippen molar-refractivity contribution in [2.24, 2.45) is 0 Å². The quantitative estimate of drug-likeness (QED) is 0.748. The molecule has 2 heterocycles. The number of aliphatic hydroxyl groups is 1. The van der Waals surface area contributed by atoms with E-state index in [1.807, 2.05) is 77.2 Å². The Balaban J connectivity index is 1.52. The Hall–Kier alpha value is -3.38. The summed E-state index contributed by atoms with van der Waals surface area (Å²) in [5.74, 6) is 0.503. The lowest BCUT2D eigenvalue weighted by Gasteiger charge is -2.25. The largest absolute Gasteiger partial charge is 0.392 e. The van der Waals surface area contributed by atoms with E-state index in [2.05, 4.69) is 10.3 Å². The number of hydrogen-bond donors (Lipinski definition) is 2. The second kappa shape index (κ2) is 7.09. The molecule has 1 aliphatic rings. The summed E-state index contributed by atoms with van der Waals surface area (Å²) >= 11 is 0. The lowest BCUT2D eigenvalue weighted by Crippen LogP contribution is -2.23. The number of aliphatic hydroxyl groups excluding tert-OH is 1. The van der Waals surface area contributed by atoms with Gasteiger partial charge in [-0.05, 0) is 48.4 Å². The van der Waals surface area contributed by atoms with Crippen LogP contribution in [0.3, 0.4) is 0 Å². The van der Waals surface area contributed by atoms with E-state index < -0.39 is 0 Å². The molecule has 6 heteroatoms. The maximum absolute atomic E-state index is 12.5. The van der Waals surface area contributed by atoms with Crippen LogP contribution in [0.25, 0.3) is 6.08 Å². The van der Waals surface area contributed by atoms with Gasteiger partial charge in [0.1, 0.15) is 18.2 Å². The van der Waals surface area contributed by atoms with Gasteiger partial charge >= 0.3 is 0 Å². The molecular weight excluding hydrogens is 340 g/mol. The van der Waals surface area contributed by atoms with Crippen molar-refractivity contribution in [3.05, 3.63) is 83.6 Å². The minimum atomic E-state index is -0.232. The Labute approximate surface area is 157 Å². The van der Waals surface area contributed by atoms with Crippen LogP contribution in [0.4, 0.5) is 11.4 Å². The van der Waals surface area contributed by atoms with E-state index in [0.29, 0.717) is 12.4 Å². The first-order valence-electron chi connectivity index (χ1n) is 8.72. The van der Waals surface area contributed by atoms with Crippen LogP contribution in [0.5, 0.6) is 0 Å². The molecule has 27 heavy (non-hydrogen) atoms. The van der Waals surface area contributed by atoms with E-state index in [1.54, 1.807) is 6.20 Å². The van der Waals surface area contributed by atoms with Gasteiger partial charge in [-0.1, -0.05) is 24.3 Å². The van der Waals surface area contributed by atoms with Gasteiger partial charge in [-0.15, -0.1) is 0 Å². The topological polar surface area (TPSA) is 70.4 Å². The molecule has 3 aromatic rings. The predicted octanol–water partition coefficient (Wildman–Crippen LogP) is 3.38. The number of nitrogens with zero attached hydrogens (tertiary/aromatic N) is 3. The molecular formula is C21H20N4O2. The molecule has 0 radical (unpaired) electrons. The van der Waals surface area contributed by atoms with Crippen molar-refractivity contribution in [1.29, 1.82) is 0 Å². The highest BCUT2D eigenvalue weighted by Gasteiger charge is 2.18. The van der Waals surface area contributed by atoms with Crippen LogP contribution in [0.15, 0.2) is 60.9 Å². The Morgan fingerprint density at radius 2 is 2.07 bits per heavy atom. The Morgan fingerprint density at radius 1 is 1.22 bits per heavy atom. The summed E-state index contributed by atoms with van der Waals surface area (Å²) in [6.45, 7) is 2.53. The molecule has 136 valence electrons. The lowest BCUT2D eigenvalue weighted by molar-refractivity contribution is 0.102. The first kappa shape index (κ1) is 17.1. The van der Waals surface area contributed by atoms with Crippen molar-refractivity contribution in [3.63, 3.8) is 0 Å². The number of carbonyl (C=O) groups excluding carboxylic acids is 1. The van der Waals surface area contributed by atoms with Gasteiger partial charge in [0, 0.05) is 23.8 Å². The molecule has 1 amide bonds. The van der Waals surface area contributed by atoms with E-state index in [0.717, 1.165) is 28.3 Å². The maximum atomic E-state index is 12.5. The van der Waals surface area contributed by atoms with Crippen LogP contribution in [0.2, 0.25) is 0 Å². The number of aromatic nitrogens is 2. The van der Waals surface area contributed by atoms with Crippen molar-refractivity contribution < 1.29 is 9.90 Å². The van der Waals surface area contributed by atoms with Gasteiger partial charge in [0.25, 0.3) is 5.91 Å². The average molecular weight is 360 g/mol. The number of rotatable bonds is 4. The fourth-order valence-electron chi connectivity index (χ4n) is 3.07. The molecule has 0 bridgehead atoms. The molecule has 0 aliphatic carbocycles. The average Bonchev–Trinajstić information content (AvgIpc) is 3.11. The highest BCUT2D eigenvalue weighted by molar-refractivity contribution is 6.03. The monoisotopic (exact) mass is 360 g/mol. The molecule has 0 unspecified atom stereocenters. The molecule has 0 saturated carbocycles. The third kappa shape index (κ3) is 3.61. The van der Waals surface area contributed by atoms with Crippen molar-refractivity contribution in [3.8, 4) is 0 Å². The smallest absolute Gasteiger partial charge is 0.275 e. The number of aryl methyl sites for hydroxylation is 1. The molecule has 2 aromatic carbocycles. The first-order chi connectivity index (χ1) is 13.1. The fourth-order valence-corrected chi connectivity index (χ4v) is 3.07. The molecule has 6 nitrogen and oxygen atoms in total. The van der Waals surface area contributed by atoms with Gasteiger partial charge in [0.05, 0.1) is 6.61 Å². The molecule has 1 aromatic heterocycles. The predicted molar refractivity (Wildman–Crippen MR) is 105 cm³/mol. The molecule has 1 aliphatic heterocycles. The molecule has 0 fully saturated rings. The SMILES string of the molecule is Cc1cccc(NC(=O)c2cn3c(n2)C=CN(c2cccc(CO)c2)C3)c1. The molecule has 0 atom stereocenters. The zero-order chi connectivity index (χ0) is 18.8. The second-order valence-corrected chi connectivity index (χ2v) is 6.53. The number of benzene rings is 2. The standard InChI is InChI=1S/C21H20N4O2/c1-15-4-2-6-17(10-15)22-21(27)19-12-25-14-24(9-8-20(25)23-19)18-7-3-5-16(11-18)13-26/h2-12,26H,13-14H2,1H3,(H,22,27). The van der Waals surface area contributed by atoms with E-state index in [1.165, 1.54) is 0 Å². The van der Waals surface area contributed by atoms with E-state index in [9.17, 15) is 9.90 Å². The molecule has 0 spiro atoms. The van der Waals surface area contributed by atoms with Gasteiger partial charge in [0.15, 0.2) is 0 Å². The zero-order valence-electron chi connectivity index (χ0n) is 15.0. The number of amides is 1. The number of fused-ring (bicyclic) bond motifs is 1. The number of nitrogens with one attached hydrogen (secondary N) is 1. The summed E-state index contributed by atoms with van der Waals surface area (Å²) in [6.07, 6.45) is 5.56. The van der Waals surface area contributed by atoms with Crippen molar-refractivity contribution in [2.45, 2.75) is 20.2 Å². The second-order valence-electron chi connectivity index (χ2n) is 6.53. The van der Waals surface area contributed by atoms with Crippen LogP contribution in [0, 0.1) is 6.92 Å². The van der Waals surface area contributed by atoms with Crippen molar-refractivity contribution in [2.75, 3.05) is 10.2 Å². The van der Waals surface area contributed by atoms with Crippen LogP contribution in [-0.4, -0.2) is 20.6 Å². The number of anilines is 2. The Bertz CT molecular complexity index is 1020. The van der Waals surface area contributed by atoms with E-state index >= 15 is 0 Å². The highest BCUT2D eigenvalue weighted by atomic mass is 16.3. The first-order valence-corrected chi connectivity index (χ1v) is 8.72. The number of hydrogen-bond acceptors (Lipinski definition) is 4. The van der Waals surface area contributed by atoms with Crippen LogP contribution in [-0.2, 0) is 13.3 Å². The van der Waals surface area contributed by atoms with Gasteiger partial charge in [-0.25, -0.2) is 4.98 Å². The summed E-state index contributed by atoms with van der Waals surface area (Å²) < 4.78 is 1.93. The third-order valence-electron chi connectivity index (χ3n) is 4.45. The van der Waals surface area contributed by atoms with Crippen LogP contribution >= 0.6 is 0 Å². The molecule has 0 saturated heterocycles. The van der Waals surface area contributed by atoms with Gasteiger partial charge in [-0.3, -0.25) is 4.79 Å². The minimum absolute atomic E-state index is 0.00496. The van der Waals surface area contributed by atoms with Gasteiger partial charge in [0.2, 0.25) is 0 Å². The molecule has 4 rings (SSSR count). The van der Waals surface area contributed by atoms with E-state index in [4.69, 9.17) is 0 Å². The Morgan fingerprint density at radius 3 is 2.89 bits per heavy atom. The van der Waals surface area contributed by atoms with Crippen LogP contribution in [0.1, 0.15) is 27.4 Å². The van der Waals surface area contributed by atoms with E-state index in [-0.39, 0.29) is 12.5 Å². The van der Waals surface area contributed by atoms with Gasteiger partial charge in [-0.2, -0.15) is 0 Å². The normalized spacial score (nSPS) is 12.7.